The summed E-state index contributed by atoms with van der Waals surface area (Å²) in [6.07, 6.45) is 8.31. The van der Waals surface area contributed by atoms with Crippen LogP contribution < -0.4 is 5.32 Å². The van der Waals surface area contributed by atoms with Crippen LogP contribution in [0.1, 0.15) is 0 Å². The molecule has 43 valence electrons. The minimum Gasteiger partial charge on any atom is -0.319 e. The quantitative estimate of drug-likeness (QED) is 0.546. The topological polar surface area (TPSA) is 12.0 Å². The summed E-state index contributed by atoms with van der Waals surface area (Å²) in [5.74, 6) is 1.35. The predicted molar refractivity (Wildman–Crippen MR) is 34.4 cm³/mol. The molecule has 1 rings (SSSR count). The summed E-state index contributed by atoms with van der Waals surface area (Å²) in [5, 5.41) is 3.07. The van der Waals surface area contributed by atoms with Crippen LogP contribution in [0.15, 0.2) is 0 Å². The van der Waals surface area contributed by atoms with E-state index in [1.807, 2.05) is 19.9 Å². The van der Waals surface area contributed by atoms with Gasteiger partial charge in [-0.15, -0.1) is 0 Å². The molecule has 1 aliphatic carbocycles. The van der Waals surface area contributed by atoms with E-state index in [9.17, 15) is 0 Å². The molecule has 1 heteroatoms. The number of hydrogen-bond acceptors (Lipinski definition) is 1. The zero-order chi connectivity index (χ0) is 5.82. The van der Waals surface area contributed by atoms with Crippen molar-refractivity contribution in [2.24, 2.45) is 0 Å². The van der Waals surface area contributed by atoms with Gasteiger partial charge in [-0.3, -0.25) is 0 Å². The summed E-state index contributed by atoms with van der Waals surface area (Å²) in [6, 6.07) is 0. The van der Waals surface area contributed by atoms with Gasteiger partial charge < -0.3 is 5.32 Å². The normalized spacial score (nSPS) is 22.1. The van der Waals surface area contributed by atoms with Crippen LogP contribution in [-0.2, 0) is 0 Å². The minimum atomic E-state index is 0.979. The third kappa shape index (κ3) is 1.48. The molecule has 0 aromatic carbocycles. The summed E-state index contributed by atoms with van der Waals surface area (Å²) in [4.78, 5) is 0. The van der Waals surface area contributed by atoms with Crippen molar-refractivity contribution in [3.63, 3.8) is 0 Å². The Morgan fingerprint density at radius 1 is 1.38 bits per heavy atom. The van der Waals surface area contributed by atoms with Crippen LogP contribution in [0.5, 0.6) is 0 Å². The molecule has 1 N–H and O–H groups in total. The Morgan fingerprint density at radius 3 is 2.50 bits per heavy atom. The molecule has 0 spiro atoms. The van der Waals surface area contributed by atoms with E-state index in [0.29, 0.717) is 0 Å². The molecular formula is C7H10N. The first kappa shape index (κ1) is 6.09. The highest BCUT2D eigenvalue weighted by atomic mass is 14.8. The van der Waals surface area contributed by atoms with Crippen molar-refractivity contribution in [2.75, 3.05) is 13.6 Å². The zero-order valence-electron chi connectivity index (χ0n) is 5.02. The van der Waals surface area contributed by atoms with Crippen LogP contribution in [0.25, 0.3) is 0 Å². The van der Waals surface area contributed by atoms with Gasteiger partial charge >= 0.3 is 0 Å². The summed E-state index contributed by atoms with van der Waals surface area (Å²) in [6.45, 7) is 0.979. The zero-order valence-corrected chi connectivity index (χ0v) is 5.02. The second-order valence-electron chi connectivity index (χ2n) is 1.82. The van der Waals surface area contributed by atoms with E-state index < -0.39 is 0 Å². The maximum atomic E-state index is 3.07. The van der Waals surface area contributed by atoms with Gasteiger partial charge in [0.1, 0.15) is 0 Å². The molecule has 0 aromatic heterocycles. The molecule has 0 amide bonds. The lowest BCUT2D eigenvalue weighted by Gasteiger charge is -2.03. The van der Waals surface area contributed by atoms with Crippen LogP contribution in [0, 0.1) is 31.6 Å². The third-order valence-electron chi connectivity index (χ3n) is 1.11. The lowest BCUT2D eigenvalue weighted by atomic mass is 10.1. The summed E-state index contributed by atoms with van der Waals surface area (Å²) in [5.41, 5.74) is 0. The Kier molecular flexibility index (Phi) is 2.34. The van der Waals surface area contributed by atoms with E-state index in [1.54, 1.807) is 0 Å². The maximum Gasteiger partial charge on any atom is 0.00166 e. The van der Waals surface area contributed by atoms with Crippen LogP contribution in [0.3, 0.4) is 0 Å². The second-order valence-corrected chi connectivity index (χ2v) is 1.82. The third-order valence-corrected chi connectivity index (χ3v) is 1.11. The fraction of sp³-hybridized carbons (Fsp3) is 0.286. The van der Waals surface area contributed by atoms with Gasteiger partial charge in [0.05, 0.1) is 0 Å². The van der Waals surface area contributed by atoms with Crippen molar-refractivity contribution < 1.29 is 0 Å². The lowest BCUT2D eigenvalue weighted by molar-refractivity contribution is 0.838. The average Bonchev–Trinajstić information content (AvgIpc) is 2.19. The van der Waals surface area contributed by atoms with Gasteiger partial charge in [0.25, 0.3) is 0 Å². The summed E-state index contributed by atoms with van der Waals surface area (Å²) >= 11 is 0. The van der Waals surface area contributed by atoms with E-state index in [1.165, 1.54) is 5.92 Å². The van der Waals surface area contributed by atoms with Gasteiger partial charge in [-0.05, 0) is 38.6 Å². The highest BCUT2D eigenvalue weighted by Crippen LogP contribution is 2.21. The van der Waals surface area contributed by atoms with Crippen molar-refractivity contribution in [3.05, 3.63) is 31.6 Å². The molecule has 0 aromatic rings. The molecule has 0 heterocycles. The minimum absolute atomic E-state index is 0.979. The van der Waals surface area contributed by atoms with Gasteiger partial charge in [-0.2, -0.15) is 0 Å². The van der Waals surface area contributed by atoms with Gasteiger partial charge in [-0.1, -0.05) is 0 Å². The molecule has 0 atom stereocenters. The molecule has 5 radical (unpaired) electrons. The van der Waals surface area contributed by atoms with E-state index in [2.05, 4.69) is 18.2 Å². The second kappa shape index (κ2) is 3.08. The first-order valence-corrected chi connectivity index (χ1v) is 2.78. The smallest absolute Gasteiger partial charge is 0.00166 e. The lowest BCUT2D eigenvalue weighted by Crippen LogP contribution is -2.14. The highest BCUT2D eigenvalue weighted by Gasteiger charge is 2.14. The first-order valence-electron chi connectivity index (χ1n) is 2.78. The van der Waals surface area contributed by atoms with Gasteiger partial charge in [0.15, 0.2) is 0 Å². The van der Waals surface area contributed by atoms with Crippen LogP contribution in [-0.4, -0.2) is 13.6 Å². The molecular weight excluding hydrogens is 98.1 g/mol. The molecule has 1 saturated carbocycles. The fourth-order valence-corrected chi connectivity index (χ4v) is 0.736. The average molecular weight is 108 g/mol. The molecule has 0 aliphatic heterocycles. The van der Waals surface area contributed by atoms with Crippen molar-refractivity contribution in [3.8, 4) is 0 Å². The van der Waals surface area contributed by atoms with Crippen LogP contribution in [0.2, 0.25) is 0 Å². The molecule has 1 nitrogen and oxygen atoms in total. The molecule has 1 fully saturated rings. The van der Waals surface area contributed by atoms with Crippen molar-refractivity contribution in [1.29, 1.82) is 0 Å². The maximum absolute atomic E-state index is 3.07. The number of rotatable bonds is 2. The van der Waals surface area contributed by atoms with Gasteiger partial charge in [-0.25, -0.2) is 0 Å². The highest BCUT2D eigenvalue weighted by molar-refractivity contribution is 5.35. The Labute approximate surface area is 51.5 Å². The van der Waals surface area contributed by atoms with Gasteiger partial charge in [0.2, 0.25) is 0 Å². The van der Waals surface area contributed by atoms with E-state index >= 15 is 0 Å². The van der Waals surface area contributed by atoms with E-state index in [4.69, 9.17) is 0 Å². The SMILES string of the molecule is CNC[C]1[CH][CH][CH][CH]1. The molecule has 0 bridgehead atoms. The predicted octanol–water partition coefficient (Wildman–Crippen LogP) is 0.611. The van der Waals surface area contributed by atoms with E-state index in [-0.39, 0.29) is 0 Å². The fourth-order valence-electron chi connectivity index (χ4n) is 0.736. The molecule has 8 heavy (non-hydrogen) atoms. The Morgan fingerprint density at radius 2 is 2.00 bits per heavy atom. The monoisotopic (exact) mass is 108 g/mol. The van der Waals surface area contributed by atoms with Crippen molar-refractivity contribution in [1.82, 2.24) is 5.32 Å². The first-order chi connectivity index (χ1) is 3.93. The van der Waals surface area contributed by atoms with Crippen molar-refractivity contribution >= 4 is 0 Å². The molecule has 1 aliphatic rings. The Bertz CT molecular complexity index is 55.4. The van der Waals surface area contributed by atoms with E-state index in [0.717, 1.165) is 6.54 Å². The van der Waals surface area contributed by atoms with Crippen molar-refractivity contribution in [2.45, 2.75) is 0 Å². The Balaban J connectivity index is 2.06. The summed E-state index contributed by atoms with van der Waals surface area (Å²) < 4.78 is 0. The number of nitrogens with one attached hydrogen (secondary N) is 1. The molecule has 0 saturated heterocycles. The van der Waals surface area contributed by atoms with Crippen LogP contribution >= 0.6 is 0 Å². The number of hydrogen-bond donors (Lipinski definition) is 1. The molecule has 0 unspecified atom stereocenters. The van der Waals surface area contributed by atoms with Crippen LogP contribution in [0.4, 0.5) is 0 Å². The standard InChI is InChI=1S/C7H10N/c1-8-6-7-4-2-3-5-7/h2-5,8H,6H2,1H3. The van der Waals surface area contributed by atoms with Gasteiger partial charge in [0, 0.05) is 6.54 Å². The largest absolute Gasteiger partial charge is 0.319 e. The Hall–Kier alpha value is -0.0400. The summed E-state index contributed by atoms with van der Waals surface area (Å²) in [7, 11) is 1.95.